The summed E-state index contributed by atoms with van der Waals surface area (Å²) in [6, 6.07) is 7.19. The number of nitrogens with zero attached hydrogens (tertiary/aromatic N) is 1. The average molecular weight is 412 g/mol. The maximum Gasteiger partial charge on any atom is 0.280 e. The second-order valence-corrected chi connectivity index (χ2v) is 8.23. The van der Waals surface area contributed by atoms with Gasteiger partial charge in [0.05, 0.1) is 22.5 Å². The Hall–Kier alpha value is -2.37. The molecule has 29 heavy (non-hydrogen) atoms. The van der Waals surface area contributed by atoms with Crippen molar-refractivity contribution in [2.24, 2.45) is 10.9 Å². The summed E-state index contributed by atoms with van der Waals surface area (Å²) in [6.45, 7) is 4.29. The third kappa shape index (κ3) is 4.02. The standard InChI is InChI=1S/C23H26ClN3O2/c1-2-3-12-25-13-14-4-6-15(7-5-14)20-18-19(23(29)26-20)21(27-22(18)28)16-8-10-17(24)11-9-16/h6,8-11,14,25,27-28H,2-5,7,12-13H2,1H3. The van der Waals surface area contributed by atoms with Crippen molar-refractivity contribution in [2.75, 3.05) is 13.1 Å². The zero-order chi connectivity index (χ0) is 20.4. The second kappa shape index (κ2) is 8.56. The Balaban J connectivity index is 1.54. The van der Waals surface area contributed by atoms with Crippen LogP contribution < -0.4 is 5.32 Å². The molecule has 3 N–H and O–H groups in total. The topological polar surface area (TPSA) is 77.5 Å². The molecule has 1 unspecified atom stereocenters. The molecule has 2 heterocycles. The molecule has 2 aromatic rings. The zero-order valence-electron chi connectivity index (χ0n) is 16.6. The number of halogens is 1. The van der Waals surface area contributed by atoms with Crippen molar-refractivity contribution >= 4 is 23.2 Å². The molecular formula is C23H26ClN3O2. The van der Waals surface area contributed by atoms with Crippen LogP contribution in [0.2, 0.25) is 5.02 Å². The number of hydrogen-bond donors (Lipinski definition) is 3. The lowest BCUT2D eigenvalue weighted by Gasteiger charge is -2.22. The molecule has 1 aliphatic heterocycles. The number of allylic oxidation sites excluding steroid dienone is 2. The lowest BCUT2D eigenvalue weighted by Crippen LogP contribution is -2.25. The molecular weight excluding hydrogens is 386 g/mol. The number of H-pyrrole nitrogens is 1. The van der Waals surface area contributed by atoms with Crippen molar-refractivity contribution in [1.29, 1.82) is 0 Å². The van der Waals surface area contributed by atoms with E-state index in [4.69, 9.17) is 11.6 Å². The van der Waals surface area contributed by atoms with Crippen LogP contribution in [-0.2, 0) is 0 Å². The van der Waals surface area contributed by atoms with Crippen LogP contribution in [0.25, 0.3) is 11.3 Å². The average Bonchev–Trinajstić information content (AvgIpc) is 3.25. The molecule has 0 fully saturated rings. The van der Waals surface area contributed by atoms with Crippen LogP contribution in [0.4, 0.5) is 0 Å². The molecule has 2 aliphatic rings. The summed E-state index contributed by atoms with van der Waals surface area (Å²) in [4.78, 5) is 20.0. The Morgan fingerprint density at radius 2 is 2.07 bits per heavy atom. The summed E-state index contributed by atoms with van der Waals surface area (Å²) >= 11 is 5.97. The summed E-state index contributed by atoms with van der Waals surface area (Å²) in [5.41, 5.74) is 4.05. The molecule has 4 rings (SSSR count). The van der Waals surface area contributed by atoms with Crippen molar-refractivity contribution < 1.29 is 9.90 Å². The highest BCUT2D eigenvalue weighted by atomic mass is 35.5. The van der Waals surface area contributed by atoms with Crippen LogP contribution in [0.15, 0.2) is 40.9 Å². The zero-order valence-corrected chi connectivity index (χ0v) is 17.4. The second-order valence-electron chi connectivity index (χ2n) is 7.80. The number of aromatic nitrogens is 1. The molecule has 1 aromatic carbocycles. The van der Waals surface area contributed by atoms with Crippen molar-refractivity contribution in [3.63, 3.8) is 0 Å². The molecule has 0 bridgehead atoms. The predicted molar refractivity (Wildman–Crippen MR) is 117 cm³/mol. The number of nitrogens with one attached hydrogen (secondary N) is 2. The van der Waals surface area contributed by atoms with E-state index in [-0.39, 0.29) is 11.8 Å². The highest BCUT2D eigenvalue weighted by Gasteiger charge is 2.34. The van der Waals surface area contributed by atoms with Crippen molar-refractivity contribution in [3.05, 3.63) is 52.1 Å². The Labute approximate surface area is 175 Å². The Morgan fingerprint density at radius 1 is 1.28 bits per heavy atom. The van der Waals surface area contributed by atoms with E-state index in [1.807, 2.05) is 12.1 Å². The molecule has 1 amide bonds. The predicted octanol–water partition coefficient (Wildman–Crippen LogP) is 5.10. The van der Waals surface area contributed by atoms with E-state index >= 15 is 0 Å². The third-order valence-corrected chi connectivity index (χ3v) is 5.99. The molecule has 152 valence electrons. The first kappa shape index (κ1) is 19.9. The minimum atomic E-state index is -0.305. The number of carbonyl (C=O) groups excluding carboxylic acids is 1. The van der Waals surface area contributed by atoms with Gasteiger partial charge in [0.15, 0.2) is 5.88 Å². The number of benzene rings is 1. The first-order valence-electron chi connectivity index (χ1n) is 10.3. The monoisotopic (exact) mass is 411 g/mol. The highest BCUT2D eigenvalue weighted by Crippen LogP contribution is 2.40. The fourth-order valence-corrected chi connectivity index (χ4v) is 4.23. The van der Waals surface area contributed by atoms with Gasteiger partial charge in [0.1, 0.15) is 0 Å². The Kier molecular flexibility index (Phi) is 5.88. The minimum absolute atomic E-state index is 0.00111. The summed E-state index contributed by atoms with van der Waals surface area (Å²) < 4.78 is 0. The fraction of sp³-hybridized carbons (Fsp3) is 0.391. The molecule has 0 saturated carbocycles. The van der Waals surface area contributed by atoms with E-state index < -0.39 is 0 Å². The molecule has 1 atom stereocenters. The van der Waals surface area contributed by atoms with Crippen LogP contribution in [0, 0.1) is 5.92 Å². The van der Waals surface area contributed by atoms with Gasteiger partial charge in [-0.25, -0.2) is 4.99 Å². The first-order valence-corrected chi connectivity index (χ1v) is 10.7. The SMILES string of the molecule is CCCCNCC1CC=C(C2=NC(=O)c3c(-c4ccc(Cl)cc4)[nH]c(O)c32)CC1. The fourth-order valence-electron chi connectivity index (χ4n) is 4.11. The van der Waals surface area contributed by atoms with Crippen LogP contribution >= 0.6 is 11.6 Å². The first-order chi connectivity index (χ1) is 14.1. The van der Waals surface area contributed by atoms with Crippen LogP contribution in [-0.4, -0.2) is 34.8 Å². The normalized spacial score (nSPS) is 18.6. The van der Waals surface area contributed by atoms with Gasteiger partial charge in [-0.3, -0.25) is 4.79 Å². The van der Waals surface area contributed by atoms with Gasteiger partial charge in [-0.05, 0) is 68.0 Å². The lowest BCUT2D eigenvalue weighted by molar-refractivity contribution is 0.101. The lowest BCUT2D eigenvalue weighted by atomic mass is 9.86. The van der Waals surface area contributed by atoms with E-state index in [1.54, 1.807) is 12.1 Å². The van der Waals surface area contributed by atoms with Gasteiger partial charge in [-0.2, -0.15) is 0 Å². The van der Waals surface area contributed by atoms with Gasteiger partial charge in [0, 0.05) is 5.02 Å². The number of fused-ring (bicyclic) bond motifs is 1. The molecule has 0 radical (unpaired) electrons. The van der Waals surface area contributed by atoms with Crippen LogP contribution in [0.1, 0.15) is 54.9 Å². The number of aromatic hydroxyl groups is 1. The van der Waals surface area contributed by atoms with Crippen LogP contribution in [0.5, 0.6) is 5.88 Å². The maximum absolute atomic E-state index is 12.7. The summed E-state index contributed by atoms with van der Waals surface area (Å²) in [6.07, 6.45) is 7.49. The number of carbonyl (C=O) groups is 1. The number of aliphatic imine (C=N–C) groups is 1. The smallest absolute Gasteiger partial charge is 0.280 e. The van der Waals surface area contributed by atoms with Gasteiger partial charge >= 0.3 is 0 Å². The number of amides is 1. The number of hydrogen-bond acceptors (Lipinski definition) is 3. The van der Waals surface area contributed by atoms with Gasteiger partial charge < -0.3 is 15.4 Å². The van der Waals surface area contributed by atoms with E-state index in [1.165, 1.54) is 12.8 Å². The van der Waals surface area contributed by atoms with Gasteiger partial charge in [0.2, 0.25) is 0 Å². The molecule has 1 aromatic heterocycles. The minimum Gasteiger partial charge on any atom is -0.494 e. The van der Waals surface area contributed by atoms with Crippen molar-refractivity contribution in [2.45, 2.75) is 39.0 Å². The highest BCUT2D eigenvalue weighted by molar-refractivity contribution is 6.31. The Morgan fingerprint density at radius 3 is 2.76 bits per heavy atom. The molecule has 5 nitrogen and oxygen atoms in total. The van der Waals surface area contributed by atoms with E-state index in [0.717, 1.165) is 43.5 Å². The summed E-state index contributed by atoms with van der Waals surface area (Å²) in [7, 11) is 0. The largest absolute Gasteiger partial charge is 0.494 e. The summed E-state index contributed by atoms with van der Waals surface area (Å²) in [5.74, 6) is 0.303. The summed E-state index contributed by atoms with van der Waals surface area (Å²) in [5, 5.41) is 14.7. The van der Waals surface area contributed by atoms with E-state index in [9.17, 15) is 9.90 Å². The third-order valence-electron chi connectivity index (χ3n) is 5.74. The molecule has 6 heteroatoms. The van der Waals surface area contributed by atoms with Crippen molar-refractivity contribution in [3.8, 4) is 17.1 Å². The van der Waals surface area contributed by atoms with Gasteiger partial charge in [-0.15, -0.1) is 0 Å². The van der Waals surface area contributed by atoms with Gasteiger partial charge in [0.25, 0.3) is 5.91 Å². The van der Waals surface area contributed by atoms with Gasteiger partial charge in [-0.1, -0.05) is 43.2 Å². The number of aromatic amines is 1. The van der Waals surface area contributed by atoms with E-state index in [0.29, 0.717) is 33.5 Å². The number of rotatable bonds is 7. The molecule has 1 aliphatic carbocycles. The maximum atomic E-state index is 12.7. The van der Waals surface area contributed by atoms with Crippen molar-refractivity contribution in [1.82, 2.24) is 10.3 Å². The molecule has 0 spiro atoms. The van der Waals surface area contributed by atoms with E-state index in [2.05, 4.69) is 28.3 Å². The quantitative estimate of drug-likeness (QED) is 0.554. The number of unbranched alkanes of at least 4 members (excludes halogenated alkanes) is 1. The van der Waals surface area contributed by atoms with Crippen LogP contribution in [0.3, 0.4) is 0 Å². The molecule has 0 saturated heterocycles. The Bertz CT molecular complexity index is 973.